The Hall–Kier alpha value is -3.18. The quantitative estimate of drug-likeness (QED) is 0.800. The maximum absolute atomic E-state index is 10.9. The molecule has 2 aromatic rings. The molecule has 8 heteroatoms. The molecule has 0 bridgehead atoms. The maximum atomic E-state index is 10.9. The molecule has 3 rings (SSSR count). The topological polar surface area (TPSA) is 117 Å². The number of anilines is 2. The van der Waals surface area contributed by atoms with E-state index in [0.29, 0.717) is 31.3 Å². The van der Waals surface area contributed by atoms with Gasteiger partial charge in [0.25, 0.3) is 0 Å². The fourth-order valence-electron chi connectivity index (χ4n) is 2.63. The van der Waals surface area contributed by atoms with Gasteiger partial charge in [-0.25, -0.2) is 4.98 Å². The summed E-state index contributed by atoms with van der Waals surface area (Å²) >= 11 is 0. The number of nitrogens with one attached hydrogen (secondary N) is 1. The Bertz CT molecular complexity index is 809. The van der Waals surface area contributed by atoms with Crippen LogP contribution in [0, 0.1) is 11.3 Å². The van der Waals surface area contributed by atoms with Crippen LogP contribution in [0.5, 0.6) is 0 Å². The second-order valence-corrected chi connectivity index (χ2v) is 5.87. The van der Waals surface area contributed by atoms with Crippen LogP contribution < -0.4 is 16.0 Å². The first kappa shape index (κ1) is 17.6. The third-order valence-electron chi connectivity index (χ3n) is 4.01. The number of amides is 1. The van der Waals surface area contributed by atoms with Crippen molar-refractivity contribution in [3.8, 4) is 17.3 Å². The predicted octanol–water partition coefficient (Wildman–Crippen LogP) is 1.14. The second-order valence-electron chi connectivity index (χ2n) is 5.87. The lowest BCUT2D eigenvalue weighted by Gasteiger charge is -2.28. The molecule has 26 heavy (non-hydrogen) atoms. The highest BCUT2D eigenvalue weighted by Crippen LogP contribution is 2.24. The summed E-state index contributed by atoms with van der Waals surface area (Å²) in [5, 5.41) is 12.0. The van der Waals surface area contributed by atoms with Gasteiger partial charge in [-0.05, 0) is 12.1 Å². The van der Waals surface area contributed by atoms with Crippen LogP contribution in [0.15, 0.2) is 30.3 Å². The molecule has 1 saturated heterocycles. The van der Waals surface area contributed by atoms with E-state index < -0.39 is 0 Å². The fraction of sp³-hybridized carbons (Fsp3) is 0.333. The molecule has 134 valence electrons. The molecule has 1 aromatic carbocycles. The Morgan fingerprint density at radius 1 is 1.27 bits per heavy atom. The van der Waals surface area contributed by atoms with Crippen LogP contribution in [-0.4, -0.2) is 48.7 Å². The fourth-order valence-corrected chi connectivity index (χ4v) is 2.63. The third-order valence-corrected chi connectivity index (χ3v) is 4.01. The number of hydrogen-bond acceptors (Lipinski definition) is 7. The molecule has 1 aromatic heterocycles. The highest BCUT2D eigenvalue weighted by molar-refractivity contribution is 5.74. The van der Waals surface area contributed by atoms with Crippen LogP contribution in [0.2, 0.25) is 0 Å². The van der Waals surface area contributed by atoms with E-state index in [-0.39, 0.29) is 12.3 Å². The lowest BCUT2D eigenvalue weighted by Crippen LogP contribution is -2.37. The Morgan fingerprint density at radius 2 is 2.00 bits per heavy atom. The van der Waals surface area contributed by atoms with Gasteiger partial charge in [-0.1, -0.05) is 12.1 Å². The van der Waals surface area contributed by atoms with E-state index in [2.05, 4.69) is 26.3 Å². The number of nitrogens with zero attached hydrogens (tertiary/aromatic N) is 4. The van der Waals surface area contributed by atoms with Gasteiger partial charge in [0.05, 0.1) is 30.5 Å². The highest BCUT2D eigenvalue weighted by Gasteiger charge is 2.15. The van der Waals surface area contributed by atoms with E-state index in [1.807, 2.05) is 18.2 Å². The maximum Gasteiger partial charge on any atom is 0.225 e. The Kier molecular flexibility index (Phi) is 5.61. The van der Waals surface area contributed by atoms with Crippen molar-refractivity contribution in [3.05, 3.63) is 35.9 Å². The zero-order chi connectivity index (χ0) is 18.4. The van der Waals surface area contributed by atoms with Gasteiger partial charge in [-0.2, -0.15) is 10.2 Å². The van der Waals surface area contributed by atoms with Crippen molar-refractivity contribution in [1.29, 1.82) is 5.26 Å². The highest BCUT2D eigenvalue weighted by atomic mass is 16.5. The van der Waals surface area contributed by atoms with Crippen molar-refractivity contribution in [3.63, 3.8) is 0 Å². The summed E-state index contributed by atoms with van der Waals surface area (Å²) in [6.45, 7) is 3.19. The number of nitrogens with two attached hydrogens (primary N) is 1. The first-order valence-electron chi connectivity index (χ1n) is 8.40. The number of aromatic nitrogens is 2. The average Bonchev–Trinajstić information content (AvgIpc) is 2.68. The monoisotopic (exact) mass is 352 g/mol. The molecule has 8 nitrogen and oxygen atoms in total. The summed E-state index contributed by atoms with van der Waals surface area (Å²) in [4.78, 5) is 22.2. The molecule has 0 radical (unpaired) electrons. The molecule has 0 spiro atoms. The molecule has 0 aliphatic carbocycles. The molecular weight excluding hydrogens is 332 g/mol. The molecular formula is C18H20N6O2. The summed E-state index contributed by atoms with van der Waals surface area (Å²) in [7, 11) is 0. The molecule has 0 saturated carbocycles. The number of carbonyl (C=O) groups is 1. The smallest absolute Gasteiger partial charge is 0.225 e. The van der Waals surface area contributed by atoms with Gasteiger partial charge in [0.1, 0.15) is 5.82 Å². The number of nitriles is 1. The van der Waals surface area contributed by atoms with Crippen molar-refractivity contribution in [2.75, 3.05) is 43.1 Å². The van der Waals surface area contributed by atoms with Crippen LogP contribution in [-0.2, 0) is 9.53 Å². The lowest BCUT2D eigenvalue weighted by atomic mass is 10.1. The van der Waals surface area contributed by atoms with Crippen molar-refractivity contribution in [1.82, 2.24) is 9.97 Å². The molecule has 3 N–H and O–H groups in total. The minimum absolute atomic E-state index is 0.206. The minimum Gasteiger partial charge on any atom is -0.378 e. The molecule has 1 aliphatic rings. The van der Waals surface area contributed by atoms with Crippen LogP contribution in [0.3, 0.4) is 0 Å². The lowest BCUT2D eigenvalue weighted by molar-refractivity contribution is -0.117. The predicted molar refractivity (Wildman–Crippen MR) is 97.5 cm³/mol. The van der Waals surface area contributed by atoms with Gasteiger partial charge >= 0.3 is 0 Å². The minimum atomic E-state index is -0.380. The van der Waals surface area contributed by atoms with E-state index in [1.165, 1.54) is 0 Å². The molecule has 2 heterocycles. The van der Waals surface area contributed by atoms with E-state index in [4.69, 9.17) is 15.7 Å². The Labute approximate surface area is 151 Å². The van der Waals surface area contributed by atoms with E-state index in [0.717, 1.165) is 30.2 Å². The van der Waals surface area contributed by atoms with Gasteiger partial charge < -0.3 is 20.7 Å². The number of primary amides is 1. The first-order valence-corrected chi connectivity index (χ1v) is 8.40. The zero-order valence-electron chi connectivity index (χ0n) is 14.3. The molecule has 1 aliphatic heterocycles. The number of morpholine rings is 1. The third kappa shape index (κ3) is 4.46. The van der Waals surface area contributed by atoms with Gasteiger partial charge in [0, 0.05) is 37.7 Å². The number of hydrogen-bond donors (Lipinski definition) is 2. The van der Waals surface area contributed by atoms with Crippen molar-refractivity contribution >= 4 is 17.7 Å². The molecule has 1 amide bonds. The van der Waals surface area contributed by atoms with Gasteiger partial charge in [-0.3, -0.25) is 4.79 Å². The average molecular weight is 352 g/mol. The van der Waals surface area contributed by atoms with Gasteiger partial charge in [-0.15, -0.1) is 0 Å². The second kappa shape index (κ2) is 8.27. The normalized spacial score (nSPS) is 13.9. The number of benzene rings is 1. The van der Waals surface area contributed by atoms with Crippen LogP contribution >= 0.6 is 0 Å². The SMILES string of the molecule is N#Cc1ccc(-c2cc(N3CCOCC3)nc(NCCC(N)=O)n2)cc1. The van der Waals surface area contributed by atoms with Gasteiger partial charge in [0.2, 0.25) is 11.9 Å². The van der Waals surface area contributed by atoms with Crippen LogP contribution in [0.4, 0.5) is 11.8 Å². The first-order chi connectivity index (χ1) is 12.7. The Morgan fingerprint density at radius 3 is 2.65 bits per heavy atom. The van der Waals surface area contributed by atoms with Crippen LogP contribution in [0.25, 0.3) is 11.3 Å². The summed E-state index contributed by atoms with van der Waals surface area (Å²) in [5.74, 6) is 0.855. The van der Waals surface area contributed by atoms with Gasteiger partial charge in [0.15, 0.2) is 0 Å². The van der Waals surface area contributed by atoms with E-state index in [9.17, 15) is 4.79 Å². The standard InChI is InChI=1S/C18H20N6O2/c19-12-13-1-3-14(4-2-13)15-11-17(24-7-9-26-10-8-24)23-18(22-15)21-6-5-16(20)25/h1-4,11H,5-10H2,(H2,20,25)(H,21,22,23). The van der Waals surface area contributed by atoms with Crippen LogP contribution in [0.1, 0.15) is 12.0 Å². The van der Waals surface area contributed by atoms with Crippen molar-refractivity contribution in [2.24, 2.45) is 5.73 Å². The number of rotatable bonds is 6. The number of carbonyl (C=O) groups excluding carboxylic acids is 1. The van der Waals surface area contributed by atoms with Crippen molar-refractivity contribution in [2.45, 2.75) is 6.42 Å². The summed E-state index contributed by atoms with van der Waals surface area (Å²) < 4.78 is 5.40. The molecule has 0 unspecified atom stereocenters. The summed E-state index contributed by atoms with van der Waals surface area (Å²) in [5.41, 5.74) is 7.41. The summed E-state index contributed by atoms with van der Waals surface area (Å²) in [6.07, 6.45) is 0.206. The molecule has 0 atom stereocenters. The summed E-state index contributed by atoms with van der Waals surface area (Å²) in [6, 6.07) is 11.3. The van der Waals surface area contributed by atoms with Crippen molar-refractivity contribution < 1.29 is 9.53 Å². The zero-order valence-corrected chi connectivity index (χ0v) is 14.3. The van der Waals surface area contributed by atoms with E-state index in [1.54, 1.807) is 12.1 Å². The largest absolute Gasteiger partial charge is 0.378 e. The molecule has 1 fully saturated rings. The van der Waals surface area contributed by atoms with E-state index >= 15 is 0 Å². The number of ether oxygens (including phenoxy) is 1. The Balaban J connectivity index is 1.90.